The Kier molecular flexibility index (Phi) is 1.72. The zero-order chi connectivity index (χ0) is 6.74. The summed E-state index contributed by atoms with van der Waals surface area (Å²) in [5, 5.41) is 9.48. The molecule has 1 atom stereocenters. The van der Waals surface area contributed by atoms with Crippen LogP contribution in [-0.2, 0) is 0 Å². The summed E-state index contributed by atoms with van der Waals surface area (Å²) in [6.45, 7) is 3.55. The first kappa shape index (κ1) is 6.56. The van der Waals surface area contributed by atoms with Crippen molar-refractivity contribution in [3.8, 4) is 0 Å². The van der Waals surface area contributed by atoms with E-state index in [1.54, 1.807) is 6.08 Å². The molecule has 1 aliphatic rings. The van der Waals surface area contributed by atoms with Gasteiger partial charge >= 0.3 is 0 Å². The minimum absolute atomic E-state index is 0.696. The molecule has 9 heavy (non-hydrogen) atoms. The Balaban J connectivity index is 2.67. The van der Waals surface area contributed by atoms with Gasteiger partial charge in [-0.3, -0.25) is 0 Å². The maximum absolute atomic E-state index is 9.48. The van der Waals surface area contributed by atoms with Crippen LogP contribution in [0.2, 0.25) is 0 Å². The molecule has 0 radical (unpaired) electrons. The summed E-state index contributed by atoms with van der Waals surface area (Å²) in [7, 11) is 0. The molecule has 0 aliphatic heterocycles. The minimum Gasteiger partial charge on any atom is -0.382 e. The Hall–Kier alpha value is -0.560. The van der Waals surface area contributed by atoms with E-state index in [-0.39, 0.29) is 0 Å². The summed E-state index contributed by atoms with van der Waals surface area (Å²) in [5.74, 6) is 0. The first-order chi connectivity index (χ1) is 4.27. The van der Waals surface area contributed by atoms with Gasteiger partial charge < -0.3 is 5.11 Å². The van der Waals surface area contributed by atoms with Gasteiger partial charge in [-0.15, -0.1) is 0 Å². The smallest absolute Gasteiger partial charge is 0.101 e. The highest BCUT2D eigenvalue weighted by molar-refractivity contribution is 5.13. The SMILES string of the molecule is C=C[C@]1(O)C=CCCC1. The van der Waals surface area contributed by atoms with Crippen LogP contribution in [0.1, 0.15) is 19.3 Å². The third-order valence-corrected chi connectivity index (χ3v) is 1.71. The van der Waals surface area contributed by atoms with E-state index in [9.17, 15) is 5.11 Å². The molecular formula is C8H12O. The highest BCUT2D eigenvalue weighted by Crippen LogP contribution is 2.21. The van der Waals surface area contributed by atoms with Crippen LogP contribution in [0.25, 0.3) is 0 Å². The van der Waals surface area contributed by atoms with E-state index in [1.165, 1.54) is 0 Å². The van der Waals surface area contributed by atoms with E-state index in [1.807, 2.05) is 12.2 Å². The average Bonchev–Trinajstić information content (AvgIpc) is 1.90. The second kappa shape index (κ2) is 2.36. The van der Waals surface area contributed by atoms with Gasteiger partial charge in [-0.2, -0.15) is 0 Å². The van der Waals surface area contributed by atoms with Gasteiger partial charge in [0.1, 0.15) is 5.60 Å². The molecule has 0 fully saturated rings. The molecule has 0 unspecified atom stereocenters. The van der Waals surface area contributed by atoms with Crippen molar-refractivity contribution >= 4 is 0 Å². The Bertz CT molecular complexity index is 138. The van der Waals surface area contributed by atoms with E-state index in [0.29, 0.717) is 0 Å². The van der Waals surface area contributed by atoms with Crippen molar-refractivity contribution in [3.05, 3.63) is 24.8 Å². The quantitative estimate of drug-likeness (QED) is 0.527. The van der Waals surface area contributed by atoms with Crippen LogP contribution in [0.5, 0.6) is 0 Å². The van der Waals surface area contributed by atoms with Crippen molar-refractivity contribution < 1.29 is 5.11 Å². The lowest BCUT2D eigenvalue weighted by Gasteiger charge is -2.22. The molecule has 0 saturated heterocycles. The van der Waals surface area contributed by atoms with Crippen LogP contribution in [0.3, 0.4) is 0 Å². The summed E-state index contributed by atoms with van der Waals surface area (Å²) in [6, 6.07) is 0. The Labute approximate surface area is 55.7 Å². The van der Waals surface area contributed by atoms with Crippen molar-refractivity contribution in [2.75, 3.05) is 0 Å². The lowest BCUT2D eigenvalue weighted by Crippen LogP contribution is -2.23. The van der Waals surface area contributed by atoms with E-state index in [0.717, 1.165) is 19.3 Å². The van der Waals surface area contributed by atoms with E-state index >= 15 is 0 Å². The maximum atomic E-state index is 9.48. The molecule has 0 aromatic rings. The van der Waals surface area contributed by atoms with Crippen LogP contribution >= 0.6 is 0 Å². The van der Waals surface area contributed by atoms with E-state index < -0.39 is 5.60 Å². The van der Waals surface area contributed by atoms with Crippen molar-refractivity contribution in [1.29, 1.82) is 0 Å². The fourth-order valence-corrected chi connectivity index (χ4v) is 1.04. The summed E-state index contributed by atoms with van der Waals surface area (Å²) in [6.07, 6.45) is 8.42. The van der Waals surface area contributed by atoms with Gasteiger partial charge in [0.2, 0.25) is 0 Å². The molecule has 0 heterocycles. The van der Waals surface area contributed by atoms with Crippen LogP contribution < -0.4 is 0 Å². The Morgan fingerprint density at radius 1 is 1.67 bits per heavy atom. The topological polar surface area (TPSA) is 20.2 Å². The molecule has 1 N–H and O–H groups in total. The number of rotatable bonds is 1. The Morgan fingerprint density at radius 3 is 2.78 bits per heavy atom. The molecule has 0 amide bonds. The van der Waals surface area contributed by atoms with Gasteiger partial charge in [0, 0.05) is 0 Å². The number of allylic oxidation sites excluding steroid dienone is 1. The highest BCUT2D eigenvalue weighted by atomic mass is 16.3. The van der Waals surface area contributed by atoms with Crippen LogP contribution in [0, 0.1) is 0 Å². The van der Waals surface area contributed by atoms with Gasteiger partial charge in [0.25, 0.3) is 0 Å². The number of aliphatic hydroxyl groups is 1. The third kappa shape index (κ3) is 1.42. The molecule has 0 aromatic heterocycles. The largest absolute Gasteiger partial charge is 0.382 e. The molecule has 0 aromatic carbocycles. The van der Waals surface area contributed by atoms with E-state index in [2.05, 4.69) is 6.58 Å². The molecule has 0 spiro atoms. The highest BCUT2D eigenvalue weighted by Gasteiger charge is 2.19. The Morgan fingerprint density at radius 2 is 2.44 bits per heavy atom. The van der Waals surface area contributed by atoms with Crippen molar-refractivity contribution in [2.24, 2.45) is 0 Å². The number of hydrogen-bond acceptors (Lipinski definition) is 1. The van der Waals surface area contributed by atoms with Crippen LogP contribution in [-0.4, -0.2) is 10.7 Å². The fourth-order valence-electron chi connectivity index (χ4n) is 1.04. The molecule has 50 valence electrons. The summed E-state index contributed by atoms with van der Waals surface area (Å²) >= 11 is 0. The van der Waals surface area contributed by atoms with Crippen molar-refractivity contribution in [2.45, 2.75) is 24.9 Å². The molecule has 0 saturated carbocycles. The normalized spacial score (nSPS) is 34.3. The van der Waals surface area contributed by atoms with Gasteiger partial charge in [-0.05, 0) is 19.3 Å². The first-order valence-electron chi connectivity index (χ1n) is 3.30. The predicted molar refractivity (Wildman–Crippen MR) is 38.1 cm³/mol. The fraction of sp³-hybridized carbons (Fsp3) is 0.500. The molecular weight excluding hydrogens is 112 g/mol. The molecule has 1 nitrogen and oxygen atoms in total. The average molecular weight is 124 g/mol. The maximum Gasteiger partial charge on any atom is 0.101 e. The molecule has 1 rings (SSSR count). The van der Waals surface area contributed by atoms with Crippen molar-refractivity contribution in [1.82, 2.24) is 0 Å². The van der Waals surface area contributed by atoms with Gasteiger partial charge in [-0.25, -0.2) is 0 Å². The first-order valence-corrected chi connectivity index (χ1v) is 3.30. The minimum atomic E-state index is -0.696. The second-order valence-corrected chi connectivity index (χ2v) is 2.49. The zero-order valence-corrected chi connectivity index (χ0v) is 5.51. The monoisotopic (exact) mass is 124 g/mol. The number of hydrogen-bond donors (Lipinski definition) is 1. The lowest BCUT2D eigenvalue weighted by molar-refractivity contribution is 0.125. The van der Waals surface area contributed by atoms with Crippen LogP contribution in [0.15, 0.2) is 24.8 Å². The van der Waals surface area contributed by atoms with E-state index in [4.69, 9.17) is 0 Å². The van der Waals surface area contributed by atoms with Crippen molar-refractivity contribution in [3.63, 3.8) is 0 Å². The molecule has 1 heteroatoms. The molecule has 0 bridgehead atoms. The lowest BCUT2D eigenvalue weighted by atomic mass is 9.91. The third-order valence-electron chi connectivity index (χ3n) is 1.71. The van der Waals surface area contributed by atoms with Crippen LogP contribution in [0.4, 0.5) is 0 Å². The molecule has 1 aliphatic carbocycles. The zero-order valence-electron chi connectivity index (χ0n) is 5.51. The summed E-state index contributed by atoms with van der Waals surface area (Å²) in [4.78, 5) is 0. The summed E-state index contributed by atoms with van der Waals surface area (Å²) in [5.41, 5.74) is -0.696. The second-order valence-electron chi connectivity index (χ2n) is 2.49. The van der Waals surface area contributed by atoms with Gasteiger partial charge in [0.15, 0.2) is 0 Å². The summed E-state index contributed by atoms with van der Waals surface area (Å²) < 4.78 is 0. The predicted octanol–water partition coefficient (Wildman–Crippen LogP) is 1.64. The van der Waals surface area contributed by atoms with Gasteiger partial charge in [0.05, 0.1) is 0 Å². The standard InChI is InChI=1S/C8H12O/c1-2-8(9)6-4-3-5-7-8/h2,4,6,9H,1,3,5,7H2/t8-/m0/s1. The van der Waals surface area contributed by atoms with Gasteiger partial charge in [-0.1, -0.05) is 24.8 Å².